The number of amides is 3. The maximum Gasteiger partial charge on any atom is 0.317 e. The number of ether oxygens (including phenoxy) is 1. The van der Waals surface area contributed by atoms with Gasteiger partial charge in [-0.3, -0.25) is 4.79 Å². The van der Waals surface area contributed by atoms with E-state index in [0.29, 0.717) is 56.9 Å². The molecule has 3 rings (SSSR count). The summed E-state index contributed by atoms with van der Waals surface area (Å²) in [6.07, 6.45) is 1.02. The topological polar surface area (TPSA) is 61.9 Å². The lowest BCUT2D eigenvalue weighted by Gasteiger charge is -2.24. The SMILES string of the molecule is CCC(CNC(=O)N1CCCN(C(=O)c2ccc(F)cc2)CC1)Oc1cccc(F)c1. The van der Waals surface area contributed by atoms with Gasteiger partial charge in [-0.1, -0.05) is 13.0 Å². The van der Waals surface area contributed by atoms with Crippen LogP contribution in [0.3, 0.4) is 0 Å². The van der Waals surface area contributed by atoms with Gasteiger partial charge in [0.2, 0.25) is 0 Å². The number of benzene rings is 2. The highest BCUT2D eigenvalue weighted by Gasteiger charge is 2.23. The van der Waals surface area contributed by atoms with Crippen LogP contribution in [-0.4, -0.2) is 60.6 Å². The number of carbonyl (C=O) groups is 2. The molecule has 166 valence electrons. The van der Waals surface area contributed by atoms with Crippen molar-refractivity contribution in [1.82, 2.24) is 15.1 Å². The van der Waals surface area contributed by atoms with Crippen molar-refractivity contribution >= 4 is 11.9 Å². The summed E-state index contributed by atoms with van der Waals surface area (Å²) in [4.78, 5) is 28.6. The van der Waals surface area contributed by atoms with Gasteiger partial charge < -0.3 is 19.9 Å². The summed E-state index contributed by atoms with van der Waals surface area (Å²) in [7, 11) is 0. The van der Waals surface area contributed by atoms with Crippen LogP contribution in [0.25, 0.3) is 0 Å². The molecule has 1 N–H and O–H groups in total. The van der Waals surface area contributed by atoms with Crippen LogP contribution in [0.4, 0.5) is 13.6 Å². The molecule has 1 heterocycles. The molecule has 1 fully saturated rings. The lowest BCUT2D eigenvalue weighted by molar-refractivity contribution is 0.0762. The predicted octanol–water partition coefficient (Wildman–Crippen LogP) is 3.68. The molecular formula is C23H27F2N3O3. The van der Waals surface area contributed by atoms with E-state index in [2.05, 4.69) is 5.32 Å². The van der Waals surface area contributed by atoms with E-state index in [-0.39, 0.29) is 29.7 Å². The number of nitrogens with zero attached hydrogens (tertiary/aromatic N) is 2. The van der Waals surface area contributed by atoms with Gasteiger partial charge in [-0.15, -0.1) is 0 Å². The van der Waals surface area contributed by atoms with Gasteiger partial charge in [0.05, 0.1) is 6.54 Å². The molecule has 1 aliphatic rings. The van der Waals surface area contributed by atoms with E-state index in [9.17, 15) is 18.4 Å². The van der Waals surface area contributed by atoms with Crippen LogP contribution >= 0.6 is 0 Å². The van der Waals surface area contributed by atoms with Crippen molar-refractivity contribution in [2.45, 2.75) is 25.9 Å². The fourth-order valence-electron chi connectivity index (χ4n) is 3.41. The molecule has 0 aromatic heterocycles. The molecule has 0 saturated carbocycles. The molecule has 1 aliphatic heterocycles. The predicted molar refractivity (Wildman–Crippen MR) is 113 cm³/mol. The van der Waals surface area contributed by atoms with Gasteiger partial charge in [0.15, 0.2) is 0 Å². The van der Waals surface area contributed by atoms with Crippen molar-refractivity contribution in [3.63, 3.8) is 0 Å². The quantitative estimate of drug-likeness (QED) is 0.759. The molecule has 1 atom stereocenters. The number of halogens is 2. The Morgan fingerprint density at radius 1 is 1.00 bits per heavy atom. The average Bonchev–Trinajstić information content (AvgIpc) is 3.03. The number of hydrogen-bond acceptors (Lipinski definition) is 3. The Bertz CT molecular complexity index is 892. The highest BCUT2D eigenvalue weighted by molar-refractivity contribution is 5.94. The molecule has 8 heteroatoms. The lowest BCUT2D eigenvalue weighted by atomic mass is 10.2. The third-order valence-corrected chi connectivity index (χ3v) is 5.20. The molecular weight excluding hydrogens is 404 g/mol. The van der Waals surface area contributed by atoms with Crippen LogP contribution in [0.1, 0.15) is 30.1 Å². The summed E-state index contributed by atoms with van der Waals surface area (Å²) in [6, 6.07) is 11.2. The molecule has 2 aromatic carbocycles. The Kier molecular flexibility index (Phi) is 7.81. The van der Waals surface area contributed by atoms with Crippen molar-refractivity contribution in [2.75, 3.05) is 32.7 Å². The molecule has 0 aliphatic carbocycles. The van der Waals surface area contributed by atoms with Gasteiger partial charge in [0.25, 0.3) is 5.91 Å². The zero-order chi connectivity index (χ0) is 22.2. The lowest BCUT2D eigenvalue weighted by Crippen LogP contribution is -2.45. The normalized spacial score (nSPS) is 15.2. The molecule has 0 bridgehead atoms. The fraction of sp³-hybridized carbons (Fsp3) is 0.391. The largest absolute Gasteiger partial charge is 0.489 e. The standard InChI is InChI=1S/C23H27F2N3O3/c1-2-20(31-21-6-3-5-19(25)15-21)16-26-23(30)28-12-4-11-27(13-14-28)22(29)17-7-9-18(24)10-8-17/h3,5-10,15,20H,2,4,11-14,16H2,1H3,(H,26,30). The second kappa shape index (κ2) is 10.7. The Hall–Kier alpha value is -3.16. The van der Waals surface area contributed by atoms with Crippen molar-refractivity contribution in [2.24, 2.45) is 0 Å². The van der Waals surface area contributed by atoms with Crippen molar-refractivity contribution < 1.29 is 23.1 Å². The number of carbonyl (C=O) groups excluding carboxylic acids is 2. The molecule has 2 aromatic rings. The summed E-state index contributed by atoms with van der Waals surface area (Å²) in [6.45, 7) is 4.09. The van der Waals surface area contributed by atoms with Gasteiger partial charge in [-0.2, -0.15) is 0 Å². The molecule has 1 unspecified atom stereocenters. The smallest absolute Gasteiger partial charge is 0.317 e. The maximum absolute atomic E-state index is 13.3. The van der Waals surface area contributed by atoms with Crippen LogP contribution in [0, 0.1) is 11.6 Å². The minimum absolute atomic E-state index is 0.170. The van der Waals surface area contributed by atoms with Crippen LogP contribution < -0.4 is 10.1 Å². The molecule has 31 heavy (non-hydrogen) atoms. The third kappa shape index (κ3) is 6.41. The number of rotatable bonds is 6. The Morgan fingerprint density at radius 2 is 1.71 bits per heavy atom. The number of urea groups is 1. The maximum atomic E-state index is 13.3. The summed E-state index contributed by atoms with van der Waals surface area (Å²) >= 11 is 0. The Labute approximate surface area is 180 Å². The zero-order valence-corrected chi connectivity index (χ0v) is 17.5. The van der Waals surface area contributed by atoms with Gasteiger partial charge in [0.1, 0.15) is 23.5 Å². The molecule has 0 spiro atoms. The highest BCUT2D eigenvalue weighted by atomic mass is 19.1. The van der Waals surface area contributed by atoms with E-state index in [1.54, 1.807) is 21.9 Å². The second-order valence-electron chi connectivity index (χ2n) is 7.43. The summed E-state index contributed by atoms with van der Waals surface area (Å²) in [5.41, 5.74) is 0.430. The van der Waals surface area contributed by atoms with Crippen LogP contribution in [0.2, 0.25) is 0 Å². The fourth-order valence-corrected chi connectivity index (χ4v) is 3.41. The van der Waals surface area contributed by atoms with E-state index < -0.39 is 0 Å². The Morgan fingerprint density at radius 3 is 2.42 bits per heavy atom. The minimum atomic E-state index is -0.387. The first-order chi connectivity index (χ1) is 15.0. The zero-order valence-electron chi connectivity index (χ0n) is 17.5. The monoisotopic (exact) mass is 431 g/mol. The highest BCUT2D eigenvalue weighted by Crippen LogP contribution is 2.15. The van der Waals surface area contributed by atoms with E-state index in [1.807, 2.05) is 6.92 Å². The van der Waals surface area contributed by atoms with Crippen molar-refractivity contribution in [3.05, 3.63) is 65.7 Å². The first-order valence-corrected chi connectivity index (χ1v) is 10.5. The van der Waals surface area contributed by atoms with Gasteiger partial charge in [0, 0.05) is 37.8 Å². The van der Waals surface area contributed by atoms with Crippen LogP contribution in [-0.2, 0) is 0 Å². The van der Waals surface area contributed by atoms with Crippen LogP contribution in [0.5, 0.6) is 5.75 Å². The van der Waals surface area contributed by atoms with Crippen molar-refractivity contribution in [3.8, 4) is 5.75 Å². The average molecular weight is 431 g/mol. The van der Waals surface area contributed by atoms with Crippen molar-refractivity contribution in [1.29, 1.82) is 0 Å². The van der Waals surface area contributed by atoms with Gasteiger partial charge in [-0.25, -0.2) is 13.6 Å². The van der Waals surface area contributed by atoms with Gasteiger partial charge >= 0.3 is 6.03 Å². The minimum Gasteiger partial charge on any atom is -0.489 e. The van der Waals surface area contributed by atoms with E-state index >= 15 is 0 Å². The summed E-state index contributed by atoms with van der Waals surface area (Å²) in [5, 5.41) is 2.87. The van der Waals surface area contributed by atoms with Gasteiger partial charge in [-0.05, 0) is 49.2 Å². The number of hydrogen-bond donors (Lipinski definition) is 1. The van der Waals surface area contributed by atoms with E-state index in [0.717, 1.165) is 0 Å². The number of nitrogens with one attached hydrogen (secondary N) is 1. The molecule has 6 nitrogen and oxygen atoms in total. The molecule has 1 saturated heterocycles. The van der Waals surface area contributed by atoms with Crippen LogP contribution in [0.15, 0.2) is 48.5 Å². The first-order valence-electron chi connectivity index (χ1n) is 10.5. The summed E-state index contributed by atoms with van der Waals surface area (Å²) < 4.78 is 32.2. The molecule has 3 amide bonds. The Balaban J connectivity index is 1.49. The summed E-state index contributed by atoms with van der Waals surface area (Å²) in [5.74, 6) is -0.509. The van der Waals surface area contributed by atoms with E-state index in [4.69, 9.17) is 4.74 Å². The van der Waals surface area contributed by atoms with E-state index in [1.165, 1.54) is 36.4 Å². The second-order valence-corrected chi connectivity index (χ2v) is 7.43. The molecule has 0 radical (unpaired) electrons. The first kappa shape index (κ1) is 22.5. The third-order valence-electron chi connectivity index (χ3n) is 5.20.